The molecule has 0 aliphatic rings. The minimum absolute atomic E-state index is 0.188. The van der Waals surface area contributed by atoms with Gasteiger partial charge in [-0.05, 0) is 38.1 Å². The Bertz CT molecular complexity index is 428. The smallest absolute Gasteiger partial charge is 0.240 e. The van der Waals surface area contributed by atoms with Crippen LogP contribution in [0.4, 0.5) is 5.95 Å². The van der Waals surface area contributed by atoms with Gasteiger partial charge < -0.3 is 5.73 Å². The van der Waals surface area contributed by atoms with Crippen LogP contribution in [0.3, 0.4) is 0 Å². The molecule has 90 valence electrons. The minimum Gasteiger partial charge on any atom is -0.366 e. The fourth-order valence-corrected chi connectivity index (χ4v) is 1.26. The molecule has 2 aromatic rings. The largest absolute Gasteiger partial charge is 0.366 e. The lowest BCUT2D eigenvalue weighted by Crippen LogP contribution is -1.95. The predicted molar refractivity (Wildman–Crippen MR) is 71.2 cm³/mol. The van der Waals surface area contributed by atoms with E-state index < -0.39 is 0 Å². The third kappa shape index (κ3) is 5.84. The number of thioether (sulfide) groups is 1. The first-order valence-electron chi connectivity index (χ1n) is 4.11. The van der Waals surface area contributed by atoms with Crippen LogP contribution in [0.15, 0.2) is 26.8 Å². The maximum absolute atomic E-state index is 5.12. The van der Waals surface area contributed by atoms with E-state index in [0.717, 1.165) is 0 Å². The van der Waals surface area contributed by atoms with Gasteiger partial charge in [-0.15, -0.1) is 20.4 Å². The van der Waals surface area contributed by atoms with Gasteiger partial charge in [-0.1, -0.05) is 11.8 Å². The molecule has 0 aromatic carbocycles. The molecule has 10 heteroatoms. The lowest BCUT2D eigenvalue weighted by molar-refractivity contribution is 0.824. The molecule has 2 rings (SSSR count). The molecule has 2 N–H and O–H groups in total. The van der Waals surface area contributed by atoms with Crippen molar-refractivity contribution in [3.8, 4) is 0 Å². The monoisotopic (exact) mass is 379 g/mol. The summed E-state index contributed by atoms with van der Waals surface area (Å²) in [6.45, 7) is 0. The maximum atomic E-state index is 5.12. The second-order valence-corrected chi connectivity index (χ2v) is 4.81. The Hall–Kier alpha value is -0.870. The summed E-state index contributed by atoms with van der Waals surface area (Å²) >= 11 is 7.65. The number of aromatic nitrogens is 6. The van der Waals surface area contributed by atoms with E-state index in [0.29, 0.717) is 14.4 Å². The molecule has 0 radical (unpaired) electrons. The number of anilines is 1. The Morgan fingerprint density at radius 1 is 1.00 bits per heavy atom. The zero-order valence-electron chi connectivity index (χ0n) is 8.58. The van der Waals surface area contributed by atoms with Crippen LogP contribution in [0.1, 0.15) is 0 Å². The molecule has 0 aliphatic heterocycles. The molecule has 0 saturated carbocycles. The van der Waals surface area contributed by atoms with Crippen molar-refractivity contribution in [2.24, 2.45) is 0 Å². The number of halogens is 2. The number of rotatable bonds is 1. The summed E-state index contributed by atoms with van der Waals surface area (Å²) in [5, 5.41) is 15.2. The first-order valence-corrected chi connectivity index (χ1v) is 6.93. The van der Waals surface area contributed by atoms with Crippen molar-refractivity contribution in [1.29, 1.82) is 0 Å². The van der Waals surface area contributed by atoms with Gasteiger partial charge in [0, 0.05) is 0 Å². The van der Waals surface area contributed by atoms with E-state index in [1.807, 2.05) is 6.26 Å². The van der Waals surface area contributed by atoms with Crippen molar-refractivity contribution in [3.05, 3.63) is 21.6 Å². The Morgan fingerprint density at radius 3 is 1.94 bits per heavy atom. The summed E-state index contributed by atoms with van der Waals surface area (Å²) in [6.07, 6.45) is 5.02. The summed E-state index contributed by atoms with van der Waals surface area (Å²) in [4.78, 5) is 7.58. The lowest BCUT2D eigenvalue weighted by Gasteiger charge is -1.89. The van der Waals surface area contributed by atoms with Crippen LogP contribution in [0.25, 0.3) is 0 Å². The van der Waals surface area contributed by atoms with Crippen LogP contribution in [0, 0.1) is 0 Å². The quantitative estimate of drug-likeness (QED) is 0.743. The van der Waals surface area contributed by atoms with Gasteiger partial charge in [-0.3, -0.25) is 0 Å². The Morgan fingerprint density at radius 2 is 1.59 bits per heavy atom. The fraction of sp³-hybridized carbons (Fsp3) is 0.143. The van der Waals surface area contributed by atoms with Gasteiger partial charge in [0.15, 0.2) is 0 Å². The average Bonchev–Trinajstić information content (AvgIpc) is 2.35. The van der Waals surface area contributed by atoms with Gasteiger partial charge in [-0.2, -0.15) is 0 Å². The number of nitrogens with zero attached hydrogens (tertiary/aromatic N) is 6. The maximum Gasteiger partial charge on any atom is 0.240 e. The zero-order chi connectivity index (χ0) is 12.7. The molecule has 2 aromatic heterocycles. The van der Waals surface area contributed by atoms with E-state index in [1.54, 1.807) is 6.20 Å². The Kier molecular flexibility index (Phi) is 6.22. The third-order valence-corrected chi connectivity index (χ3v) is 2.53. The van der Waals surface area contributed by atoms with Gasteiger partial charge in [0.2, 0.25) is 11.1 Å². The van der Waals surface area contributed by atoms with E-state index >= 15 is 0 Å². The summed E-state index contributed by atoms with van der Waals surface area (Å²) in [6, 6.07) is 0. The summed E-state index contributed by atoms with van der Waals surface area (Å²) in [7, 11) is 0. The van der Waals surface area contributed by atoms with Crippen LogP contribution in [-0.2, 0) is 0 Å². The van der Waals surface area contributed by atoms with Crippen LogP contribution < -0.4 is 5.73 Å². The molecule has 0 spiro atoms. The van der Waals surface area contributed by atoms with Crippen molar-refractivity contribution in [1.82, 2.24) is 30.4 Å². The molecule has 17 heavy (non-hydrogen) atoms. The van der Waals surface area contributed by atoms with Gasteiger partial charge >= 0.3 is 0 Å². The predicted octanol–water partition coefficient (Wildman–Crippen LogP) is 1.57. The zero-order valence-corrected chi connectivity index (χ0v) is 12.6. The third-order valence-electron chi connectivity index (χ3n) is 1.25. The molecule has 0 fully saturated rings. The molecule has 0 unspecified atom stereocenters. The van der Waals surface area contributed by atoms with Gasteiger partial charge in [-0.25, -0.2) is 9.97 Å². The molecule has 0 saturated heterocycles. The molecule has 0 amide bonds. The number of nitrogens with two attached hydrogens (primary N) is 1. The van der Waals surface area contributed by atoms with Crippen LogP contribution in [0.5, 0.6) is 0 Å². The minimum atomic E-state index is 0.188. The van der Waals surface area contributed by atoms with E-state index in [4.69, 9.17) is 5.73 Å². The molecule has 2 heterocycles. The second kappa shape index (κ2) is 7.45. The van der Waals surface area contributed by atoms with Gasteiger partial charge in [0.25, 0.3) is 0 Å². The van der Waals surface area contributed by atoms with Crippen LogP contribution in [-0.4, -0.2) is 36.6 Å². The molecule has 0 bridgehead atoms. The molecule has 7 nitrogen and oxygen atoms in total. The van der Waals surface area contributed by atoms with Crippen molar-refractivity contribution in [3.63, 3.8) is 0 Å². The highest BCUT2D eigenvalue weighted by Gasteiger charge is 1.91. The summed E-state index contributed by atoms with van der Waals surface area (Å²) in [5.41, 5.74) is 5.12. The number of hydrogen-bond acceptors (Lipinski definition) is 8. The number of hydrogen-bond donors (Lipinski definition) is 1. The highest BCUT2D eigenvalue weighted by Crippen LogP contribution is 2.07. The molecular formula is C7H7Br2N7S. The first-order chi connectivity index (χ1) is 8.11. The second-order valence-electron chi connectivity index (χ2n) is 2.41. The van der Waals surface area contributed by atoms with Crippen molar-refractivity contribution in [2.45, 2.75) is 5.16 Å². The molecular weight excluding hydrogens is 374 g/mol. The van der Waals surface area contributed by atoms with Crippen LogP contribution >= 0.6 is 43.6 Å². The van der Waals surface area contributed by atoms with Crippen molar-refractivity contribution >= 4 is 49.6 Å². The first kappa shape index (κ1) is 14.2. The van der Waals surface area contributed by atoms with Gasteiger partial charge in [0.05, 0.1) is 12.4 Å². The number of nitrogen functional groups attached to an aromatic ring is 1. The molecule has 0 aliphatic carbocycles. The molecule has 0 atom stereocenters. The van der Waals surface area contributed by atoms with Crippen molar-refractivity contribution in [2.75, 3.05) is 12.0 Å². The average molecular weight is 381 g/mol. The summed E-state index contributed by atoms with van der Waals surface area (Å²) < 4.78 is 1.26. The van der Waals surface area contributed by atoms with E-state index in [9.17, 15) is 0 Å². The van der Waals surface area contributed by atoms with Crippen molar-refractivity contribution < 1.29 is 0 Å². The highest BCUT2D eigenvalue weighted by atomic mass is 79.9. The lowest BCUT2D eigenvalue weighted by atomic mass is 10.9. The SMILES string of the molecule is CSc1ncc(Br)nn1.Nc1ncc(Br)nn1. The van der Waals surface area contributed by atoms with E-state index in [-0.39, 0.29) is 5.95 Å². The standard InChI is InChI=1S/C4H4BrN3S.C3H3BrN4/c1-9-4-6-2-3(5)7-8-4;4-2-1-6-3(5)8-7-2/h2H,1H3;1H,(H2,5,6,8). The normalized spacial score (nSPS) is 9.35. The van der Waals surface area contributed by atoms with Crippen LogP contribution in [0.2, 0.25) is 0 Å². The Balaban J connectivity index is 0.000000171. The van der Waals surface area contributed by atoms with Gasteiger partial charge in [0.1, 0.15) is 9.21 Å². The van der Waals surface area contributed by atoms with E-state index in [1.165, 1.54) is 18.0 Å². The topological polar surface area (TPSA) is 103 Å². The van der Waals surface area contributed by atoms with E-state index in [2.05, 4.69) is 62.2 Å². The summed E-state index contributed by atoms with van der Waals surface area (Å²) in [5.74, 6) is 0.188. The Labute approximate surface area is 118 Å². The highest BCUT2D eigenvalue weighted by molar-refractivity contribution is 9.10. The fourth-order valence-electron chi connectivity index (χ4n) is 0.614.